The Labute approximate surface area is 114 Å². The van der Waals surface area contributed by atoms with Gasteiger partial charge in [-0.1, -0.05) is 6.07 Å². The van der Waals surface area contributed by atoms with E-state index in [9.17, 15) is 18.3 Å². The molecule has 2 aromatic heterocycles. The number of aromatic carboxylic acids is 1. The SMILES string of the molecule is CS(=O)(=O)CCSc1nc2ccccn2c1C(=O)O. The minimum atomic E-state index is -3.06. The minimum Gasteiger partial charge on any atom is -0.476 e. The molecule has 8 heteroatoms. The molecule has 0 atom stereocenters. The van der Waals surface area contributed by atoms with Gasteiger partial charge in [-0.2, -0.15) is 0 Å². The van der Waals surface area contributed by atoms with Gasteiger partial charge in [0.15, 0.2) is 5.69 Å². The van der Waals surface area contributed by atoms with E-state index in [0.29, 0.717) is 10.7 Å². The maximum absolute atomic E-state index is 11.3. The van der Waals surface area contributed by atoms with Gasteiger partial charge >= 0.3 is 5.97 Å². The predicted molar refractivity (Wildman–Crippen MR) is 72.6 cm³/mol. The molecule has 0 bridgehead atoms. The summed E-state index contributed by atoms with van der Waals surface area (Å²) in [6.45, 7) is 0. The number of pyridine rings is 1. The maximum Gasteiger partial charge on any atom is 0.355 e. The van der Waals surface area contributed by atoms with Crippen molar-refractivity contribution in [2.45, 2.75) is 5.03 Å². The second-order valence-corrected chi connectivity index (χ2v) is 7.32. The average Bonchev–Trinajstić information content (AvgIpc) is 2.65. The molecule has 2 rings (SSSR count). The molecule has 6 nitrogen and oxygen atoms in total. The molecule has 2 aromatic rings. The van der Waals surface area contributed by atoms with Crippen molar-refractivity contribution in [1.82, 2.24) is 9.38 Å². The Balaban J connectivity index is 2.32. The van der Waals surface area contributed by atoms with Gasteiger partial charge in [-0.25, -0.2) is 18.2 Å². The van der Waals surface area contributed by atoms with Crippen molar-refractivity contribution in [3.05, 3.63) is 30.1 Å². The van der Waals surface area contributed by atoms with Crippen molar-refractivity contribution in [3.63, 3.8) is 0 Å². The van der Waals surface area contributed by atoms with E-state index in [4.69, 9.17) is 0 Å². The normalized spacial score (nSPS) is 11.8. The van der Waals surface area contributed by atoms with Crippen LogP contribution in [0.5, 0.6) is 0 Å². The van der Waals surface area contributed by atoms with E-state index in [0.717, 1.165) is 18.0 Å². The van der Waals surface area contributed by atoms with Crippen LogP contribution in [0.15, 0.2) is 29.4 Å². The number of hydrogen-bond acceptors (Lipinski definition) is 5. The summed E-state index contributed by atoms with van der Waals surface area (Å²) >= 11 is 1.14. The number of aromatic nitrogens is 2. The Bertz CT molecular complexity index is 721. The van der Waals surface area contributed by atoms with Crippen molar-refractivity contribution >= 4 is 33.2 Å². The molecular formula is C11H12N2O4S2. The zero-order valence-corrected chi connectivity index (χ0v) is 11.7. The lowest BCUT2D eigenvalue weighted by molar-refractivity contribution is 0.0685. The quantitative estimate of drug-likeness (QED) is 0.834. The Morgan fingerprint density at radius 3 is 2.84 bits per heavy atom. The van der Waals surface area contributed by atoms with Gasteiger partial charge in [0.2, 0.25) is 0 Å². The van der Waals surface area contributed by atoms with E-state index in [-0.39, 0.29) is 17.2 Å². The van der Waals surface area contributed by atoms with Crippen molar-refractivity contribution < 1.29 is 18.3 Å². The molecule has 19 heavy (non-hydrogen) atoms. The molecule has 0 amide bonds. The first-order valence-electron chi connectivity index (χ1n) is 5.39. The number of rotatable bonds is 5. The number of carboxylic acids is 1. The first-order valence-corrected chi connectivity index (χ1v) is 8.44. The largest absolute Gasteiger partial charge is 0.476 e. The van der Waals surface area contributed by atoms with E-state index < -0.39 is 15.8 Å². The summed E-state index contributed by atoms with van der Waals surface area (Å²) in [5.74, 6) is -0.811. The molecule has 0 aliphatic rings. The topological polar surface area (TPSA) is 88.7 Å². The third-order valence-corrected chi connectivity index (χ3v) is 4.56. The number of fused-ring (bicyclic) bond motifs is 1. The van der Waals surface area contributed by atoms with Crippen LogP contribution < -0.4 is 0 Å². The molecule has 0 aliphatic heterocycles. The fourth-order valence-corrected chi connectivity index (χ4v) is 3.78. The Morgan fingerprint density at radius 2 is 2.21 bits per heavy atom. The average molecular weight is 300 g/mol. The summed E-state index contributed by atoms with van der Waals surface area (Å²) in [7, 11) is -3.06. The number of hydrogen-bond donors (Lipinski definition) is 1. The lowest BCUT2D eigenvalue weighted by Crippen LogP contribution is -2.06. The number of imidazole rings is 1. The summed E-state index contributed by atoms with van der Waals surface area (Å²) in [4.78, 5) is 15.5. The highest BCUT2D eigenvalue weighted by atomic mass is 32.2. The molecule has 0 radical (unpaired) electrons. The third-order valence-electron chi connectivity index (χ3n) is 2.39. The fraction of sp³-hybridized carbons (Fsp3) is 0.273. The lowest BCUT2D eigenvalue weighted by atomic mass is 10.4. The second-order valence-electron chi connectivity index (χ2n) is 3.98. The van der Waals surface area contributed by atoms with Gasteiger partial charge in [-0.3, -0.25) is 4.40 Å². The van der Waals surface area contributed by atoms with E-state index >= 15 is 0 Å². The van der Waals surface area contributed by atoms with Crippen molar-refractivity contribution in [2.24, 2.45) is 0 Å². The second kappa shape index (κ2) is 5.22. The van der Waals surface area contributed by atoms with Crippen LogP contribution in [-0.4, -0.2) is 46.6 Å². The highest BCUT2D eigenvalue weighted by Gasteiger charge is 2.18. The maximum atomic E-state index is 11.3. The zero-order valence-electron chi connectivity index (χ0n) is 10.1. The van der Waals surface area contributed by atoms with Crippen LogP contribution in [0.2, 0.25) is 0 Å². The van der Waals surface area contributed by atoms with Crippen LogP contribution in [0.25, 0.3) is 5.65 Å². The number of thioether (sulfide) groups is 1. The van der Waals surface area contributed by atoms with Crippen LogP contribution in [-0.2, 0) is 9.84 Å². The number of carboxylic acid groups (broad SMARTS) is 1. The van der Waals surface area contributed by atoms with E-state index in [2.05, 4.69) is 4.98 Å². The van der Waals surface area contributed by atoms with Crippen LogP contribution in [0.1, 0.15) is 10.5 Å². The van der Waals surface area contributed by atoms with Gasteiger partial charge in [0.05, 0.1) is 5.75 Å². The molecule has 0 aromatic carbocycles. The highest BCUT2D eigenvalue weighted by Crippen LogP contribution is 2.23. The summed E-state index contributed by atoms with van der Waals surface area (Å²) < 4.78 is 23.6. The molecule has 0 aliphatic carbocycles. The Kier molecular flexibility index (Phi) is 3.81. The molecule has 2 heterocycles. The smallest absolute Gasteiger partial charge is 0.355 e. The van der Waals surface area contributed by atoms with Crippen molar-refractivity contribution in [2.75, 3.05) is 17.8 Å². The van der Waals surface area contributed by atoms with E-state index in [1.807, 2.05) is 0 Å². The molecule has 0 saturated heterocycles. The Hall–Kier alpha value is -1.54. The highest BCUT2D eigenvalue weighted by molar-refractivity contribution is 8.00. The molecule has 0 spiro atoms. The van der Waals surface area contributed by atoms with Crippen molar-refractivity contribution in [3.8, 4) is 0 Å². The summed E-state index contributed by atoms with van der Waals surface area (Å²) in [5, 5.41) is 9.55. The zero-order chi connectivity index (χ0) is 14.0. The lowest BCUT2D eigenvalue weighted by Gasteiger charge is -1.99. The fourth-order valence-electron chi connectivity index (χ4n) is 1.56. The predicted octanol–water partition coefficient (Wildman–Crippen LogP) is 1.17. The summed E-state index contributed by atoms with van der Waals surface area (Å²) in [5.41, 5.74) is 0.593. The standard InChI is InChI=1S/C11H12N2O4S2/c1-19(16,17)7-6-18-10-9(11(14)15)13-5-3-2-4-8(13)12-10/h2-5H,6-7H2,1H3,(H,14,15). The van der Waals surface area contributed by atoms with Crippen molar-refractivity contribution in [1.29, 1.82) is 0 Å². The van der Waals surface area contributed by atoms with Crippen LogP contribution >= 0.6 is 11.8 Å². The van der Waals surface area contributed by atoms with Gasteiger partial charge < -0.3 is 5.11 Å². The van der Waals surface area contributed by atoms with Gasteiger partial charge in [0.1, 0.15) is 20.5 Å². The summed E-state index contributed by atoms with van der Waals surface area (Å²) in [6, 6.07) is 5.18. The van der Waals surface area contributed by atoms with E-state index in [1.54, 1.807) is 24.4 Å². The first-order chi connectivity index (χ1) is 8.88. The molecule has 0 fully saturated rings. The monoisotopic (exact) mass is 300 g/mol. The van der Waals surface area contributed by atoms with E-state index in [1.165, 1.54) is 4.40 Å². The number of nitrogens with zero attached hydrogens (tertiary/aromatic N) is 2. The van der Waals surface area contributed by atoms with Gasteiger partial charge in [-0.15, -0.1) is 11.8 Å². The van der Waals surface area contributed by atoms with Crippen LogP contribution in [0.3, 0.4) is 0 Å². The van der Waals surface area contributed by atoms with Gasteiger partial charge in [-0.05, 0) is 12.1 Å². The number of carbonyl (C=O) groups is 1. The van der Waals surface area contributed by atoms with Crippen LogP contribution in [0, 0.1) is 0 Å². The molecule has 0 saturated carbocycles. The molecular weight excluding hydrogens is 288 g/mol. The first kappa shape index (κ1) is 13.9. The third kappa shape index (κ3) is 3.27. The molecule has 0 unspecified atom stereocenters. The molecule has 102 valence electrons. The Morgan fingerprint density at radius 1 is 1.47 bits per heavy atom. The summed E-state index contributed by atoms with van der Waals surface area (Å²) in [6.07, 6.45) is 2.77. The minimum absolute atomic E-state index is 0.00933. The van der Waals surface area contributed by atoms with Gasteiger partial charge in [0, 0.05) is 18.2 Å². The van der Waals surface area contributed by atoms with Gasteiger partial charge in [0.25, 0.3) is 0 Å². The van der Waals surface area contributed by atoms with Crippen LogP contribution in [0.4, 0.5) is 0 Å². The molecule has 1 N–H and O–H groups in total. The number of sulfone groups is 1.